The first-order chi connectivity index (χ1) is 22.9. The van der Waals surface area contributed by atoms with E-state index >= 15 is 0 Å². The first kappa shape index (κ1) is 37.5. The number of hydrogen-bond donors (Lipinski definition) is 2. The van der Waals surface area contributed by atoms with Crippen LogP contribution in [0.5, 0.6) is 0 Å². The first-order valence-corrected chi connectivity index (χ1v) is 19.6. The van der Waals surface area contributed by atoms with Crippen molar-refractivity contribution in [3.05, 3.63) is 171 Å². The fraction of sp³-hybridized carbons (Fsp3) is 0. The molecule has 48 heavy (non-hydrogen) atoms. The average molecular weight is 871 g/mol. The molecule has 6 aromatic rings. The number of benzene rings is 6. The number of sulfone groups is 2. The van der Waals surface area contributed by atoms with Crippen molar-refractivity contribution in [3.8, 4) is 11.1 Å². The fourth-order valence-corrected chi connectivity index (χ4v) is 7.51. The Kier molecular flexibility index (Phi) is 13.5. The van der Waals surface area contributed by atoms with Gasteiger partial charge in [-0.15, -0.1) is 0 Å². The largest absolute Gasteiger partial charge is 0.488 e. The summed E-state index contributed by atoms with van der Waals surface area (Å²) in [5.41, 5.74) is 2.59. The van der Waals surface area contributed by atoms with Gasteiger partial charge in [0.25, 0.3) is 0 Å². The SMILES string of the molecule is O=S(=O)(c1ccc(Br)cc1)c1ccc(-c2ccccc2)cc1.O=S(=O)(c1ccc(Br)cc1)c1ccc(Br)cc1.OB(O)c1ccccc1. The van der Waals surface area contributed by atoms with E-state index in [-0.39, 0.29) is 0 Å². The molecule has 0 fully saturated rings. The lowest BCUT2D eigenvalue weighted by Gasteiger charge is -2.06. The van der Waals surface area contributed by atoms with Gasteiger partial charge in [0, 0.05) is 13.4 Å². The van der Waals surface area contributed by atoms with Gasteiger partial charge in [0.2, 0.25) is 19.7 Å². The van der Waals surface area contributed by atoms with Crippen molar-refractivity contribution in [1.82, 2.24) is 0 Å². The number of hydrogen-bond acceptors (Lipinski definition) is 6. The van der Waals surface area contributed by atoms with Gasteiger partial charge in [0.05, 0.1) is 19.6 Å². The van der Waals surface area contributed by atoms with Gasteiger partial charge in [-0.25, -0.2) is 16.8 Å². The second-order valence-electron chi connectivity index (χ2n) is 10.0. The van der Waals surface area contributed by atoms with Crippen LogP contribution in [0.2, 0.25) is 0 Å². The van der Waals surface area contributed by atoms with Gasteiger partial charge in [0.15, 0.2) is 0 Å². The molecule has 0 heterocycles. The summed E-state index contributed by atoms with van der Waals surface area (Å²) in [5.74, 6) is 0. The Balaban J connectivity index is 0.000000177. The van der Waals surface area contributed by atoms with Crippen LogP contribution in [0.25, 0.3) is 11.1 Å². The summed E-state index contributed by atoms with van der Waals surface area (Å²) in [6.45, 7) is 0. The molecule has 0 bridgehead atoms. The predicted molar refractivity (Wildman–Crippen MR) is 201 cm³/mol. The van der Waals surface area contributed by atoms with Crippen LogP contribution in [0.1, 0.15) is 0 Å². The zero-order chi connectivity index (χ0) is 34.7. The quantitative estimate of drug-likeness (QED) is 0.163. The molecule has 244 valence electrons. The maximum absolute atomic E-state index is 12.6. The molecule has 0 aliphatic heterocycles. The molecule has 2 N–H and O–H groups in total. The molecule has 0 unspecified atom stereocenters. The summed E-state index contributed by atoms with van der Waals surface area (Å²) in [7, 11) is -8.23. The Hall–Kier alpha value is -3.36. The fourth-order valence-electron chi connectivity index (χ4n) is 4.20. The molecule has 12 heteroatoms. The summed E-state index contributed by atoms with van der Waals surface area (Å²) >= 11 is 9.86. The molecule has 0 aliphatic carbocycles. The van der Waals surface area contributed by atoms with Crippen molar-refractivity contribution in [3.63, 3.8) is 0 Å². The highest BCUT2D eigenvalue weighted by Crippen LogP contribution is 2.26. The van der Waals surface area contributed by atoms with E-state index in [2.05, 4.69) is 47.8 Å². The molecule has 0 radical (unpaired) electrons. The van der Waals surface area contributed by atoms with Crippen molar-refractivity contribution < 1.29 is 26.9 Å². The number of rotatable bonds is 6. The van der Waals surface area contributed by atoms with E-state index in [0.717, 1.165) is 24.5 Å². The van der Waals surface area contributed by atoms with Crippen LogP contribution in [-0.4, -0.2) is 34.0 Å². The summed E-state index contributed by atoms with van der Waals surface area (Å²) in [6, 6.07) is 45.4. The van der Waals surface area contributed by atoms with Crippen LogP contribution in [0.3, 0.4) is 0 Å². The highest BCUT2D eigenvalue weighted by molar-refractivity contribution is 9.11. The van der Waals surface area contributed by atoms with Crippen molar-refractivity contribution in [2.24, 2.45) is 0 Å². The minimum Gasteiger partial charge on any atom is -0.423 e. The summed E-state index contributed by atoms with van der Waals surface area (Å²) in [6.07, 6.45) is 0. The first-order valence-electron chi connectivity index (χ1n) is 14.2. The molecule has 6 aromatic carbocycles. The van der Waals surface area contributed by atoms with Crippen LogP contribution in [0.4, 0.5) is 0 Å². The van der Waals surface area contributed by atoms with Crippen molar-refractivity contribution in [2.75, 3.05) is 0 Å². The number of halogens is 3. The van der Waals surface area contributed by atoms with E-state index in [1.165, 1.54) is 0 Å². The molecule has 0 spiro atoms. The summed E-state index contributed by atoms with van der Waals surface area (Å²) in [5, 5.41) is 17.2. The lowest BCUT2D eigenvalue weighted by molar-refractivity contribution is 0.426. The lowest BCUT2D eigenvalue weighted by Crippen LogP contribution is -2.29. The lowest BCUT2D eigenvalue weighted by atomic mass is 9.81. The Morgan fingerprint density at radius 1 is 0.375 bits per heavy atom. The molecular weight excluding hydrogens is 843 g/mol. The predicted octanol–water partition coefficient (Wildman–Crippen LogP) is 8.36. The normalized spacial score (nSPS) is 10.9. The van der Waals surface area contributed by atoms with E-state index in [1.54, 1.807) is 109 Å². The maximum Gasteiger partial charge on any atom is 0.488 e. The van der Waals surface area contributed by atoms with Gasteiger partial charge < -0.3 is 10.0 Å². The highest BCUT2D eigenvalue weighted by Gasteiger charge is 2.18. The Bertz CT molecular complexity index is 2060. The third-order valence-electron chi connectivity index (χ3n) is 6.74. The smallest absolute Gasteiger partial charge is 0.423 e. The molecule has 6 nitrogen and oxygen atoms in total. The van der Waals surface area contributed by atoms with Gasteiger partial charge in [-0.1, -0.05) is 121 Å². The van der Waals surface area contributed by atoms with Gasteiger partial charge in [0.1, 0.15) is 0 Å². The maximum atomic E-state index is 12.6. The topological polar surface area (TPSA) is 109 Å². The van der Waals surface area contributed by atoms with Crippen LogP contribution < -0.4 is 5.46 Å². The van der Waals surface area contributed by atoms with Crippen molar-refractivity contribution >= 4 is 80.0 Å². The van der Waals surface area contributed by atoms with Crippen LogP contribution in [0, 0.1) is 0 Å². The zero-order valence-electron chi connectivity index (χ0n) is 25.1. The summed E-state index contributed by atoms with van der Waals surface area (Å²) < 4.78 is 52.2. The van der Waals surface area contributed by atoms with Crippen LogP contribution in [-0.2, 0) is 19.7 Å². The average Bonchev–Trinajstić information content (AvgIpc) is 3.10. The minimum absolute atomic E-state index is 0.294. The molecule has 0 aliphatic rings. The highest BCUT2D eigenvalue weighted by atomic mass is 79.9. The van der Waals surface area contributed by atoms with Gasteiger partial charge in [-0.3, -0.25) is 0 Å². The molecule has 6 rings (SSSR count). The monoisotopic (exact) mass is 868 g/mol. The van der Waals surface area contributed by atoms with Crippen molar-refractivity contribution in [1.29, 1.82) is 0 Å². The molecule has 0 saturated carbocycles. The van der Waals surface area contributed by atoms with Gasteiger partial charge >= 0.3 is 7.12 Å². The molecule has 0 amide bonds. The van der Waals surface area contributed by atoms with Crippen LogP contribution in [0.15, 0.2) is 191 Å². The second kappa shape index (κ2) is 17.3. The van der Waals surface area contributed by atoms with E-state index < -0.39 is 26.8 Å². The van der Waals surface area contributed by atoms with Crippen molar-refractivity contribution in [2.45, 2.75) is 19.6 Å². The third-order valence-corrected chi connectivity index (χ3v) is 11.9. The van der Waals surface area contributed by atoms with E-state index in [4.69, 9.17) is 10.0 Å². The van der Waals surface area contributed by atoms with E-state index in [9.17, 15) is 16.8 Å². The van der Waals surface area contributed by atoms with Crippen LogP contribution >= 0.6 is 47.8 Å². The molecular formula is C36H28BBr3O6S2. The third kappa shape index (κ3) is 10.3. The Morgan fingerprint density at radius 2 is 0.646 bits per heavy atom. The standard InChI is InChI=1S/C18H13BrO2S.C12H8Br2O2S.C6H7BO2/c19-16-8-12-18(13-9-16)22(20,21)17-10-6-15(7-11-17)14-4-2-1-3-5-14;13-9-1-5-11(6-2-9)17(15,16)12-7-3-10(14)4-8-12;8-7(9)6-4-2-1-3-5-6/h1-13H;1-8H;1-5,8-9H. The second-order valence-corrected chi connectivity index (χ2v) is 16.7. The zero-order valence-corrected chi connectivity index (χ0v) is 31.5. The van der Waals surface area contributed by atoms with E-state index in [0.29, 0.717) is 25.0 Å². The molecule has 0 aromatic heterocycles. The Morgan fingerprint density at radius 3 is 0.938 bits per heavy atom. The van der Waals surface area contributed by atoms with Gasteiger partial charge in [-0.2, -0.15) is 0 Å². The summed E-state index contributed by atoms with van der Waals surface area (Å²) in [4.78, 5) is 1.18. The molecule has 0 atom stereocenters. The van der Waals surface area contributed by atoms with E-state index in [1.807, 2.05) is 48.5 Å². The van der Waals surface area contributed by atoms with Gasteiger partial charge in [-0.05, 0) is 102 Å². The molecule has 0 saturated heterocycles. The Labute approximate surface area is 306 Å². The minimum atomic E-state index is -3.48.